The van der Waals surface area contributed by atoms with Crippen LogP contribution in [0.3, 0.4) is 0 Å². The van der Waals surface area contributed by atoms with Crippen LogP contribution in [0, 0.1) is 11.8 Å². The highest BCUT2D eigenvalue weighted by molar-refractivity contribution is 7.97. The van der Waals surface area contributed by atoms with Gasteiger partial charge in [0.2, 0.25) is 11.0 Å². The average Bonchev–Trinajstić information content (AvgIpc) is 2.71. The molecule has 1 aliphatic heterocycles. The minimum absolute atomic E-state index is 0.239. The number of hydrogen-bond donors (Lipinski definition) is 4. The van der Waals surface area contributed by atoms with Crippen LogP contribution in [0.5, 0.6) is 0 Å². The molecule has 2 rings (SSSR count). The Morgan fingerprint density at radius 3 is 2.59 bits per heavy atom. The molecule has 1 aromatic rings. The Labute approximate surface area is 134 Å². The fourth-order valence-electron chi connectivity index (χ4n) is 2.86. The topological polar surface area (TPSA) is 99.5 Å². The van der Waals surface area contributed by atoms with Crippen molar-refractivity contribution in [3.63, 3.8) is 0 Å². The van der Waals surface area contributed by atoms with Gasteiger partial charge in [-0.05, 0) is 18.1 Å². The SMILES string of the molecule is CC(C)C(O)C1(c2cc(C(=O)S)ccn2)NC(=O)C(C)C1O. The van der Waals surface area contributed by atoms with Gasteiger partial charge in [0.05, 0.1) is 23.8 Å². The van der Waals surface area contributed by atoms with E-state index in [0.717, 1.165) is 0 Å². The molecule has 6 nitrogen and oxygen atoms in total. The number of rotatable bonds is 4. The highest BCUT2D eigenvalue weighted by Crippen LogP contribution is 2.39. The first-order valence-corrected chi connectivity index (χ1v) is 7.54. The van der Waals surface area contributed by atoms with Gasteiger partial charge in [0.15, 0.2) is 0 Å². The number of aromatic nitrogens is 1. The third kappa shape index (κ3) is 2.53. The van der Waals surface area contributed by atoms with E-state index in [2.05, 4.69) is 22.9 Å². The number of nitrogens with zero attached hydrogens (tertiary/aromatic N) is 1. The number of thiol groups is 1. The second-order valence-corrected chi connectivity index (χ2v) is 6.42. The van der Waals surface area contributed by atoms with E-state index in [1.807, 2.05) is 0 Å². The molecule has 0 bridgehead atoms. The molecule has 3 N–H and O–H groups in total. The van der Waals surface area contributed by atoms with Crippen molar-refractivity contribution < 1.29 is 19.8 Å². The van der Waals surface area contributed by atoms with E-state index in [1.54, 1.807) is 20.8 Å². The Balaban J connectivity index is 2.62. The minimum Gasteiger partial charge on any atom is -0.390 e. The molecule has 4 unspecified atom stereocenters. The molecule has 1 aromatic heterocycles. The summed E-state index contributed by atoms with van der Waals surface area (Å²) in [5, 5.41) is 23.5. The predicted octanol–water partition coefficient (Wildman–Crippen LogP) is 0.491. The molecule has 0 aromatic carbocycles. The summed E-state index contributed by atoms with van der Waals surface area (Å²) in [6.45, 7) is 5.15. The number of aliphatic hydroxyl groups is 2. The van der Waals surface area contributed by atoms with Crippen molar-refractivity contribution in [1.82, 2.24) is 10.3 Å². The maximum Gasteiger partial charge on any atom is 0.226 e. The summed E-state index contributed by atoms with van der Waals surface area (Å²) in [6.07, 6.45) is -0.820. The van der Waals surface area contributed by atoms with E-state index in [4.69, 9.17) is 0 Å². The summed E-state index contributed by atoms with van der Waals surface area (Å²) in [5.41, 5.74) is -0.910. The zero-order chi connectivity index (χ0) is 16.7. The highest BCUT2D eigenvalue weighted by Gasteiger charge is 2.57. The zero-order valence-electron chi connectivity index (χ0n) is 12.6. The standard InChI is InChI=1S/C15H20N2O4S/c1-7(2)11(18)15(12(19)8(3)13(20)17-15)10-6-9(14(21)22)4-5-16-10/h4-8,11-12,18-19H,1-3H3,(H,17,20)(H,21,22). The van der Waals surface area contributed by atoms with E-state index in [9.17, 15) is 19.8 Å². The number of aliphatic hydroxyl groups excluding tert-OH is 2. The van der Waals surface area contributed by atoms with E-state index >= 15 is 0 Å². The van der Waals surface area contributed by atoms with Gasteiger partial charge in [0, 0.05) is 11.8 Å². The Morgan fingerprint density at radius 2 is 2.14 bits per heavy atom. The second kappa shape index (κ2) is 5.98. The van der Waals surface area contributed by atoms with Crippen molar-refractivity contribution in [3.05, 3.63) is 29.6 Å². The number of carbonyl (C=O) groups excluding carboxylic acids is 2. The van der Waals surface area contributed by atoms with Crippen LogP contribution in [0.15, 0.2) is 18.3 Å². The van der Waals surface area contributed by atoms with E-state index in [1.165, 1.54) is 18.3 Å². The molecule has 22 heavy (non-hydrogen) atoms. The summed E-state index contributed by atoms with van der Waals surface area (Å²) < 4.78 is 0. The van der Waals surface area contributed by atoms with E-state index in [-0.39, 0.29) is 23.1 Å². The fraction of sp³-hybridized carbons (Fsp3) is 0.533. The molecule has 0 spiro atoms. The molecule has 1 aliphatic rings. The van der Waals surface area contributed by atoms with Crippen molar-refractivity contribution in [2.75, 3.05) is 0 Å². The first-order chi connectivity index (χ1) is 10.2. The quantitative estimate of drug-likeness (QED) is 0.604. The van der Waals surface area contributed by atoms with Crippen molar-refractivity contribution >= 4 is 23.7 Å². The van der Waals surface area contributed by atoms with E-state index < -0.39 is 28.8 Å². The van der Waals surface area contributed by atoms with E-state index in [0.29, 0.717) is 0 Å². The number of amides is 1. The van der Waals surface area contributed by atoms with Crippen molar-refractivity contribution in [3.8, 4) is 0 Å². The molecule has 0 radical (unpaired) electrons. The molecule has 0 saturated carbocycles. The van der Waals surface area contributed by atoms with Crippen LogP contribution in [0.1, 0.15) is 36.8 Å². The first-order valence-electron chi connectivity index (χ1n) is 7.09. The van der Waals surface area contributed by atoms with Crippen molar-refractivity contribution in [1.29, 1.82) is 0 Å². The number of carbonyl (C=O) groups is 2. The molecular formula is C15H20N2O4S. The molecule has 4 atom stereocenters. The van der Waals surface area contributed by atoms with Gasteiger partial charge < -0.3 is 15.5 Å². The van der Waals surface area contributed by atoms with Crippen LogP contribution in [0.2, 0.25) is 0 Å². The largest absolute Gasteiger partial charge is 0.390 e. The second-order valence-electron chi connectivity index (χ2n) is 6.02. The summed E-state index contributed by atoms with van der Waals surface area (Å²) in [5.74, 6) is -1.29. The fourth-order valence-corrected chi connectivity index (χ4v) is 3.00. The maximum absolute atomic E-state index is 12.0. The third-order valence-corrected chi connectivity index (χ3v) is 4.47. The summed E-state index contributed by atoms with van der Waals surface area (Å²) in [7, 11) is 0. The van der Waals surface area contributed by atoms with Crippen LogP contribution in [-0.2, 0) is 10.3 Å². The Hall–Kier alpha value is -1.44. The van der Waals surface area contributed by atoms with Gasteiger partial charge in [-0.1, -0.05) is 20.8 Å². The molecule has 1 saturated heterocycles. The number of nitrogens with one attached hydrogen (secondary N) is 1. The first kappa shape index (κ1) is 16.9. The van der Waals surface area contributed by atoms with Crippen LogP contribution >= 0.6 is 12.6 Å². The van der Waals surface area contributed by atoms with Gasteiger partial charge in [-0.15, -0.1) is 12.6 Å². The van der Waals surface area contributed by atoms with Crippen LogP contribution in [0.4, 0.5) is 0 Å². The highest BCUT2D eigenvalue weighted by atomic mass is 32.1. The Kier molecular flexibility index (Phi) is 4.60. The molecule has 0 aliphatic carbocycles. The Morgan fingerprint density at radius 1 is 1.50 bits per heavy atom. The Bertz CT molecular complexity index is 607. The van der Waals surface area contributed by atoms with Gasteiger partial charge in [0.1, 0.15) is 5.54 Å². The van der Waals surface area contributed by atoms with Crippen LogP contribution in [-0.4, -0.2) is 38.4 Å². The number of pyridine rings is 1. The molecule has 1 amide bonds. The van der Waals surface area contributed by atoms with Crippen LogP contribution in [0.25, 0.3) is 0 Å². The minimum atomic E-state index is -1.44. The van der Waals surface area contributed by atoms with Gasteiger partial charge in [-0.25, -0.2) is 0 Å². The number of hydrogen-bond acceptors (Lipinski definition) is 5. The molecule has 2 heterocycles. The lowest BCUT2D eigenvalue weighted by Crippen LogP contribution is -2.57. The molecule has 120 valence electrons. The van der Waals surface area contributed by atoms with Gasteiger partial charge in [0.25, 0.3) is 0 Å². The smallest absolute Gasteiger partial charge is 0.226 e. The monoisotopic (exact) mass is 324 g/mol. The van der Waals surface area contributed by atoms with Gasteiger partial charge >= 0.3 is 0 Å². The lowest BCUT2D eigenvalue weighted by molar-refractivity contribution is -0.123. The van der Waals surface area contributed by atoms with Crippen LogP contribution < -0.4 is 5.32 Å². The zero-order valence-corrected chi connectivity index (χ0v) is 13.5. The third-order valence-electron chi connectivity index (χ3n) is 4.21. The van der Waals surface area contributed by atoms with Crippen molar-refractivity contribution in [2.24, 2.45) is 11.8 Å². The predicted molar refractivity (Wildman–Crippen MR) is 83.4 cm³/mol. The molecule has 7 heteroatoms. The summed E-state index contributed by atoms with van der Waals surface area (Å²) in [4.78, 5) is 27.7. The molecular weight excluding hydrogens is 304 g/mol. The molecule has 1 fully saturated rings. The lowest BCUT2D eigenvalue weighted by Gasteiger charge is -2.39. The normalized spacial score (nSPS) is 29.5. The maximum atomic E-state index is 12.0. The van der Waals surface area contributed by atoms with Crippen molar-refractivity contribution in [2.45, 2.75) is 38.5 Å². The lowest BCUT2D eigenvalue weighted by atomic mass is 9.77. The summed E-state index contributed by atoms with van der Waals surface area (Å²) >= 11 is 3.78. The van der Waals surface area contributed by atoms with Gasteiger partial charge in [-0.3, -0.25) is 14.6 Å². The van der Waals surface area contributed by atoms with Gasteiger partial charge in [-0.2, -0.15) is 0 Å². The summed E-state index contributed by atoms with van der Waals surface area (Å²) in [6, 6.07) is 2.93. The average molecular weight is 324 g/mol.